The number of anilines is 1. The van der Waals surface area contributed by atoms with Gasteiger partial charge in [-0.15, -0.1) is 10.2 Å². The quantitative estimate of drug-likeness (QED) is 0.656. The molecular weight excluding hydrogens is 346 g/mol. The summed E-state index contributed by atoms with van der Waals surface area (Å²) in [4.78, 5) is 12.1. The highest BCUT2D eigenvalue weighted by Gasteiger charge is 2.09. The average molecular weight is 367 g/mol. The summed E-state index contributed by atoms with van der Waals surface area (Å²) in [6.45, 7) is 0. The summed E-state index contributed by atoms with van der Waals surface area (Å²) in [6, 6.07) is 17.8. The fraction of sp³-hybridized carbons (Fsp3) is 0.250. The highest BCUT2D eigenvalue weighted by molar-refractivity contribution is 7.15. The van der Waals surface area contributed by atoms with Crippen molar-refractivity contribution in [2.75, 3.05) is 12.4 Å². The van der Waals surface area contributed by atoms with Gasteiger partial charge in [-0.1, -0.05) is 53.8 Å². The third-order valence-electron chi connectivity index (χ3n) is 3.94. The first-order valence-electron chi connectivity index (χ1n) is 8.52. The summed E-state index contributed by atoms with van der Waals surface area (Å²) in [5.41, 5.74) is 2.25. The van der Waals surface area contributed by atoms with E-state index in [1.807, 2.05) is 30.3 Å². The largest absolute Gasteiger partial charge is 0.497 e. The topological polar surface area (TPSA) is 64.1 Å². The Kier molecular flexibility index (Phi) is 6.33. The monoisotopic (exact) mass is 367 g/mol. The minimum Gasteiger partial charge on any atom is -0.497 e. The van der Waals surface area contributed by atoms with E-state index in [-0.39, 0.29) is 5.91 Å². The first-order chi connectivity index (χ1) is 12.7. The van der Waals surface area contributed by atoms with Gasteiger partial charge in [-0.3, -0.25) is 4.79 Å². The minimum atomic E-state index is -0.0952. The number of rotatable bonds is 8. The van der Waals surface area contributed by atoms with Crippen LogP contribution in [-0.2, 0) is 24.1 Å². The maximum Gasteiger partial charge on any atom is 0.230 e. The fourth-order valence-corrected chi connectivity index (χ4v) is 3.38. The van der Waals surface area contributed by atoms with E-state index in [9.17, 15) is 4.79 Å². The van der Waals surface area contributed by atoms with Gasteiger partial charge >= 0.3 is 0 Å². The molecule has 0 aliphatic carbocycles. The van der Waals surface area contributed by atoms with Crippen LogP contribution in [0.15, 0.2) is 54.6 Å². The molecule has 0 aliphatic rings. The van der Waals surface area contributed by atoms with Crippen LogP contribution in [0.4, 0.5) is 5.13 Å². The number of carbonyl (C=O) groups excluding carboxylic acids is 1. The number of amides is 1. The van der Waals surface area contributed by atoms with Crippen molar-refractivity contribution in [2.45, 2.75) is 25.7 Å². The average Bonchev–Trinajstić information content (AvgIpc) is 3.10. The number of aryl methyl sites for hydroxylation is 2. The summed E-state index contributed by atoms with van der Waals surface area (Å²) in [7, 11) is 1.62. The highest BCUT2D eigenvalue weighted by Crippen LogP contribution is 2.18. The molecule has 0 spiro atoms. The molecule has 26 heavy (non-hydrogen) atoms. The van der Waals surface area contributed by atoms with Gasteiger partial charge in [-0.25, -0.2) is 0 Å². The number of hydrogen-bond acceptors (Lipinski definition) is 5. The molecule has 2 aromatic carbocycles. The van der Waals surface area contributed by atoms with Gasteiger partial charge in [0.2, 0.25) is 11.0 Å². The number of benzene rings is 2. The summed E-state index contributed by atoms with van der Waals surface area (Å²) in [5, 5.41) is 12.6. The van der Waals surface area contributed by atoms with E-state index in [4.69, 9.17) is 4.74 Å². The van der Waals surface area contributed by atoms with Gasteiger partial charge in [-0.2, -0.15) is 0 Å². The Morgan fingerprint density at radius 2 is 1.77 bits per heavy atom. The maximum absolute atomic E-state index is 12.1. The smallest absolute Gasteiger partial charge is 0.230 e. The lowest BCUT2D eigenvalue weighted by atomic mass is 10.1. The number of ether oxygens (including phenoxy) is 1. The Bertz CT molecular complexity index is 832. The molecule has 0 unspecified atom stereocenters. The molecule has 0 aliphatic heterocycles. The Labute approximate surface area is 157 Å². The molecule has 134 valence electrons. The van der Waals surface area contributed by atoms with Crippen molar-refractivity contribution in [3.8, 4) is 5.75 Å². The van der Waals surface area contributed by atoms with E-state index in [0.717, 1.165) is 35.6 Å². The number of aromatic nitrogens is 2. The second-order valence-corrected chi connectivity index (χ2v) is 6.98. The van der Waals surface area contributed by atoms with Gasteiger partial charge in [0.05, 0.1) is 13.5 Å². The van der Waals surface area contributed by atoms with Crippen LogP contribution in [0.5, 0.6) is 5.75 Å². The van der Waals surface area contributed by atoms with E-state index in [1.54, 1.807) is 7.11 Å². The van der Waals surface area contributed by atoms with Crippen LogP contribution in [0.2, 0.25) is 0 Å². The lowest BCUT2D eigenvalue weighted by molar-refractivity contribution is -0.115. The molecule has 1 heterocycles. The highest BCUT2D eigenvalue weighted by atomic mass is 32.1. The first kappa shape index (κ1) is 18.1. The third kappa shape index (κ3) is 5.39. The van der Waals surface area contributed by atoms with E-state index in [0.29, 0.717) is 11.6 Å². The first-order valence-corrected chi connectivity index (χ1v) is 9.33. The zero-order chi connectivity index (χ0) is 18.2. The summed E-state index contributed by atoms with van der Waals surface area (Å²) < 4.78 is 5.12. The lowest BCUT2D eigenvalue weighted by Crippen LogP contribution is -2.14. The molecule has 1 aromatic heterocycles. The SMILES string of the molecule is COc1ccc(CC(=O)Nc2nnc(CCCc3ccccc3)s2)cc1. The van der Waals surface area contributed by atoms with Gasteiger partial charge in [0.15, 0.2) is 0 Å². The van der Waals surface area contributed by atoms with Crippen LogP contribution < -0.4 is 10.1 Å². The summed E-state index contributed by atoms with van der Waals surface area (Å²) in [6.07, 6.45) is 3.19. The van der Waals surface area contributed by atoms with Crippen molar-refractivity contribution < 1.29 is 9.53 Å². The number of hydrogen-bond donors (Lipinski definition) is 1. The lowest BCUT2D eigenvalue weighted by Gasteiger charge is -2.03. The van der Waals surface area contributed by atoms with Crippen molar-refractivity contribution in [3.63, 3.8) is 0 Å². The molecule has 0 radical (unpaired) electrons. The van der Waals surface area contributed by atoms with Crippen molar-refractivity contribution in [1.82, 2.24) is 10.2 Å². The van der Waals surface area contributed by atoms with Crippen LogP contribution >= 0.6 is 11.3 Å². The Balaban J connectivity index is 1.45. The van der Waals surface area contributed by atoms with Crippen molar-refractivity contribution in [1.29, 1.82) is 0 Å². The predicted molar refractivity (Wildman–Crippen MR) is 104 cm³/mol. The molecule has 3 rings (SSSR count). The zero-order valence-electron chi connectivity index (χ0n) is 14.6. The summed E-state index contributed by atoms with van der Waals surface area (Å²) >= 11 is 1.44. The van der Waals surface area contributed by atoms with Crippen LogP contribution in [0, 0.1) is 0 Å². The third-order valence-corrected chi connectivity index (χ3v) is 4.83. The van der Waals surface area contributed by atoms with Gasteiger partial charge in [0.25, 0.3) is 0 Å². The normalized spacial score (nSPS) is 10.5. The van der Waals surface area contributed by atoms with Crippen molar-refractivity contribution >= 4 is 22.4 Å². The number of carbonyl (C=O) groups is 1. The van der Waals surface area contributed by atoms with Crippen molar-refractivity contribution in [2.24, 2.45) is 0 Å². The van der Waals surface area contributed by atoms with E-state index < -0.39 is 0 Å². The molecule has 3 aromatic rings. The van der Waals surface area contributed by atoms with Crippen molar-refractivity contribution in [3.05, 3.63) is 70.7 Å². The molecule has 6 heteroatoms. The van der Waals surface area contributed by atoms with E-state index >= 15 is 0 Å². The molecule has 5 nitrogen and oxygen atoms in total. The molecule has 0 bridgehead atoms. The maximum atomic E-state index is 12.1. The predicted octanol–water partition coefficient (Wildman–Crippen LogP) is 3.90. The van der Waals surface area contributed by atoms with Gasteiger partial charge < -0.3 is 10.1 Å². The summed E-state index contributed by atoms with van der Waals surface area (Å²) in [5.74, 6) is 0.681. The van der Waals surface area contributed by atoms with Crippen LogP contribution in [0.3, 0.4) is 0 Å². The Morgan fingerprint density at radius 1 is 1.00 bits per heavy atom. The van der Waals surface area contributed by atoms with Crippen LogP contribution in [-0.4, -0.2) is 23.2 Å². The zero-order valence-corrected chi connectivity index (χ0v) is 15.5. The Hall–Kier alpha value is -2.73. The second kappa shape index (κ2) is 9.10. The molecule has 0 saturated carbocycles. The fourth-order valence-electron chi connectivity index (χ4n) is 2.59. The number of nitrogens with one attached hydrogen (secondary N) is 1. The Morgan fingerprint density at radius 3 is 2.50 bits per heavy atom. The molecule has 0 saturated heterocycles. The molecule has 1 amide bonds. The number of methoxy groups -OCH3 is 1. The van der Waals surface area contributed by atoms with E-state index in [1.165, 1.54) is 16.9 Å². The minimum absolute atomic E-state index is 0.0952. The number of nitrogens with zero attached hydrogens (tertiary/aromatic N) is 2. The van der Waals surface area contributed by atoms with E-state index in [2.05, 4.69) is 39.8 Å². The molecule has 0 fully saturated rings. The second-order valence-electron chi connectivity index (χ2n) is 5.91. The van der Waals surface area contributed by atoms with Gasteiger partial charge in [0.1, 0.15) is 10.8 Å². The molecular formula is C20H21N3O2S. The van der Waals surface area contributed by atoms with Crippen LogP contribution in [0.1, 0.15) is 22.6 Å². The molecule has 0 atom stereocenters. The van der Waals surface area contributed by atoms with Crippen LogP contribution in [0.25, 0.3) is 0 Å². The molecule has 1 N–H and O–H groups in total. The van der Waals surface area contributed by atoms with Gasteiger partial charge in [0, 0.05) is 6.42 Å². The van der Waals surface area contributed by atoms with Gasteiger partial charge in [-0.05, 0) is 36.1 Å². The standard InChI is InChI=1S/C20H21N3O2S/c1-25-17-12-10-16(11-13-17)14-18(24)21-20-23-22-19(26-20)9-5-8-15-6-3-2-4-7-15/h2-4,6-7,10-13H,5,8-9,14H2,1H3,(H,21,23,24).